The Morgan fingerprint density at radius 1 is 1.35 bits per heavy atom. The Labute approximate surface area is 119 Å². The third-order valence-corrected chi connectivity index (χ3v) is 5.51. The molecule has 5 heteroatoms. The lowest BCUT2D eigenvalue weighted by molar-refractivity contribution is -0.136. The monoisotopic (exact) mass is 274 g/mol. The van der Waals surface area contributed by atoms with Gasteiger partial charge in [-0.05, 0) is 44.1 Å². The molecule has 3 saturated heterocycles. The highest BCUT2D eigenvalue weighted by atomic mass is 16.2. The quantitative estimate of drug-likeness (QED) is 0.874. The first-order valence-electron chi connectivity index (χ1n) is 7.70. The molecule has 5 atom stereocenters. The van der Waals surface area contributed by atoms with Gasteiger partial charge >= 0.3 is 0 Å². The largest absolute Gasteiger partial charge is 0.334 e. The number of hydrogen-bond acceptors (Lipinski definition) is 3. The maximum atomic E-state index is 12.9. The lowest BCUT2D eigenvalue weighted by Gasteiger charge is -2.27. The van der Waals surface area contributed by atoms with E-state index in [9.17, 15) is 4.79 Å². The molecule has 0 unspecified atom stereocenters. The van der Waals surface area contributed by atoms with Gasteiger partial charge in [-0.25, -0.2) is 0 Å². The normalized spacial score (nSPS) is 36.4. The Morgan fingerprint density at radius 2 is 2.00 bits per heavy atom. The molecule has 3 aliphatic rings. The maximum Gasteiger partial charge on any atom is 0.247 e. The maximum absolute atomic E-state index is 12.9. The zero-order valence-electron chi connectivity index (χ0n) is 12.1. The van der Waals surface area contributed by atoms with Crippen LogP contribution in [-0.2, 0) is 4.79 Å². The lowest BCUT2D eigenvalue weighted by atomic mass is 9.82. The molecule has 2 bridgehead atoms. The second kappa shape index (κ2) is 4.32. The Hall–Kier alpha value is -1.36. The van der Waals surface area contributed by atoms with E-state index in [1.165, 1.54) is 12.8 Å². The second-order valence-corrected chi connectivity index (χ2v) is 6.62. The van der Waals surface area contributed by atoms with Crippen LogP contribution in [0.2, 0.25) is 0 Å². The predicted molar refractivity (Wildman–Crippen MR) is 75.2 cm³/mol. The summed E-state index contributed by atoms with van der Waals surface area (Å²) in [6.07, 6.45) is 6.15. The van der Waals surface area contributed by atoms with E-state index in [2.05, 4.69) is 15.3 Å². The van der Waals surface area contributed by atoms with Gasteiger partial charge in [-0.15, -0.1) is 0 Å². The minimum Gasteiger partial charge on any atom is -0.334 e. The van der Waals surface area contributed by atoms with Crippen molar-refractivity contribution in [2.45, 2.75) is 44.8 Å². The van der Waals surface area contributed by atoms with Crippen molar-refractivity contribution in [2.75, 3.05) is 13.1 Å². The molecule has 3 aliphatic heterocycles. The van der Waals surface area contributed by atoms with E-state index in [1.54, 1.807) is 0 Å². The van der Waals surface area contributed by atoms with Gasteiger partial charge in [-0.1, -0.05) is 0 Å². The van der Waals surface area contributed by atoms with Crippen LogP contribution in [-0.4, -0.2) is 45.8 Å². The molecule has 1 N–H and O–H groups in total. The van der Waals surface area contributed by atoms with E-state index < -0.39 is 0 Å². The van der Waals surface area contributed by atoms with Gasteiger partial charge in [0.2, 0.25) is 5.91 Å². The van der Waals surface area contributed by atoms with Crippen molar-refractivity contribution in [1.82, 2.24) is 20.0 Å². The van der Waals surface area contributed by atoms with Gasteiger partial charge < -0.3 is 10.2 Å². The van der Waals surface area contributed by atoms with Crippen LogP contribution in [0.15, 0.2) is 12.4 Å². The molecule has 1 aromatic heterocycles. The van der Waals surface area contributed by atoms with Crippen LogP contribution in [0.1, 0.15) is 31.4 Å². The molecule has 0 aliphatic carbocycles. The van der Waals surface area contributed by atoms with Gasteiger partial charge in [0, 0.05) is 31.4 Å². The average Bonchev–Trinajstić information content (AvgIpc) is 3.17. The molecule has 3 fully saturated rings. The van der Waals surface area contributed by atoms with Crippen molar-refractivity contribution in [3.63, 3.8) is 0 Å². The first-order chi connectivity index (χ1) is 9.66. The number of rotatable bonds is 2. The summed E-state index contributed by atoms with van der Waals surface area (Å²) in [5, 5.41) is 7.80. The zero-order valence-corrected chi connectivity index (χ0v) is 12.1. The van der Waals surface area contributed by atoms with Crippen LogP contribution >= 0.6 is 0 Å². The highest BCUT2D eigenvalue weighted by molar-refractivity contribution is 5.81. The fourth-order valence-electron chi connectivity index (χ4n) is 4.57. The van der Waals surface area contributed by atoms with Crippen LogP contribution in [0.3, 0.4) is 0 Å². The van der Waals surface area contributed by atoms with Gasteiger partial charge in [0.15, 0.2) is 0 Å². The Kier molecular flexibility index (Phi) is 2.67. The summed E-state index contributed by atoms with van der Waals surface area (Å²) in [6, 6.07) is 0.747. The van der Waals surface area contributed by atoms with E-state index in [0.29, 0.717) is 23.9 Å². The Bertz CT molecular complexity index is 522. The van der Waals surface area contributed by atoms with Crippen molar-refractivity contribution >= 4 is 5.91 Å². The number of nitrogens with one attached hydrogen (secondary N) is 1. The molecule has 4 heterocycles. The summed E-state index contributed by atoms with van der Waals surface area (Å²) in [7, 11) is 0. The highest BCUT2D eigenvalue weighted by Crippen LogP contribution is 2.47. The van der Waals surface area contributed by atoms with Gasteiger partial charge in [0.1, 0.15) is 6.04 Å². The smallest absolute Gasteiger partial charge is 0.247 e. The van der Waals surface area contributed by atoms with Crippen LogP contribution in [0.5, 0.6) is 0 Å². The molecule has 1 aromatic rings. The Morgan fingerprint density at radius 3 is 2.55 bits per heavy atom. The van der Waals surface area contributed by atoms with E-state index in [1.807, 2.05) is 30.9 Å². The topological polar surface area (TPSA) is 50.2 Å². The summed E-state index contributed by atoms with van der Waals surface area (Å²) in [6.45, 7) is 6.16. The van der Waals surface area contributed by atoms with Gasteiger partial charge in [-0.3, -0.25) is 9.48 Å². The van der Waals surface area contributed by atoms with Crippen molar-refractivity contribution in [3.8, 4) is 0 Å². The van der Waals surface area contributed by atoms with Gasteiger partial charge in [0.05, 0.1) is 6.20 Å². The molecule has 4 rings (SSSR count). The number of fused-ring (bicyclic) bond motifs is 5. The molecular formula is C15H22N4O. The number of aromatic nitrogens is 2. The summed E-state index contributed by atoms with van der Waals surface area (Å²) in [5.41, 5.74) is 1.11. The minimum atomic E-state index is -0.182. The highest BCUT2D eigenvalue weighted by Gasteiger charge is 2.56. The molecule has 0 radical (unpaired) electrons. The van der Waals surface area contributed by atoms with E-state index in [-0.39, 0.29) is 11.9 Å². The van der Waals surface area contributed by atoms with Crippen molar-refractivity contribution in [2.24, 2.45) is 11.8 Å². The van der Waals surface area contributed by atoms with Crippen LogP contribution in [0, 0.1) is 18.8 Å². The predicted octanol–water partition coefficient (Wildman–Crippen LogP) is 0.961. The summed E-state index contributed by atoms with van der Waals surface area (Å²) in [4.78, 5) is 15.1. The number of aryl methyl sites for hydroxylation is 1. The van der Waals surface area contributed by atoms with Crippen LogP contribution in [0.25, 0.3) is 0 Å². The van der Waals surface area contributed by atoms with Crippen molar-refractivity contribution < 1.29 is 4.79 Å². The van der Waals surface area contributed by atoms with Crippen molar-refractivity contribution in [1.29, 1.82) is 0 Å². The molecule has 5 nitrogen and oxygen atoms in total. The fourth-order valence-corrected chi connectivity index (χ4v) is 4.57. The fraction of sp³-hybridized carbons (Fsp3) is 0.733. The molecule has 20 heavy (non-hydrogen) atoms. The molecule has 0 spiro atoms. The molecule has 1 amide bonds. The first-order valence-corrected chi connectivity index (χ1v) is 7.70. The number of nitrogens with zero attached hydrogens (tertiary/aromatic N) is 3. The van der Waals surface area contributed by atoms with E-state index in [0.717, 1.165) is 18.7 Å². The summed E-state index contributed by atoms with van der Waals surface area (Å²) >= 11 is 0. The van der Waals surface area contributed by atoms with Gasteiger partial charge in [-0.2, -0.15) is 5.10 Å². The third-order valence-electron chi connectivity index (χ3n) is 5.51. The molecule has 0 saturated carbocycles. The minimum absolute atomic E-state index is 0.182. The van der Waals surface area contributed by atoms with Gasteiger partial charge in [0.25, 0.3) is 0 Å². The molecule has 0 aromatic carbocycles. The number of hydrogen-bond donors (Lipinski definition) is 1. The first kappa shape index (κ1) is 12.4. The summed E-state index contributed by atoms with van der Waals surface area (Å²) < 4.78 is 1.81. The van der Waals surface area contributed by atoms with E-state index >= 15 is 0 Å². The second-order valence-electron chi connectivity index (χ2n) is 6.62. The number of carbonyl (C=O) groups is 1. The van der Waals surface area contributed by atoms with E-state index in [4.69, 9.17) is 0 Å². The number of amides is 1. The SMILES string of the molecule is Cc1cnn([C@@H](C)C(=O)N2[C@@H]3CC[C@H]2[C@H]2CNC[C@H]23)c1. The average molecular weight is 274 g/mol. The standard InChI is InChI=1S/C15H22N4O/c1-9-5-17-18(8-9)10(2)15(20)19-13-3-4-14(19)12-7-16-6-11(12)13/h5,8,10-14,16H,3-4,6-7H2,1-2H3/t10-,11-,12+,13-,14+/m0/s1. The van der Waals surface area contributed by atoms with Crippen LogP contribution < -0.4 is 5.32 Å². The summed E-state index contributed by atoms with van der Waals surface area (Å²) in [5.74, 6) is 1.63. The third kappa shape index (κ3) is 1.59. The van der Waals surface area contributed by atoms with Crippen molar-refractivity contribution in [3.05, 3.63) is 18.0 Å². The number of carbonyl (C=O) groups excluding carboxylic acids is 1. The van der Waals surface area contributed by atoms with Crippen LogP contribution in [0.4, 0.5) is 0 Å². The lowest BCUT2D eigenvalue weighted by Crippen LogP contribution is -2.42. The Balaban J connectivity index is 1.57. The molecule has 108 valence electrons. The zero-order chi connectivity index (χ0) is 13.9. The molecular weight excluding hydrogens is 252 g/mol.